The van der Waals surface area contributed by atoms with E-state index in [4.69, 9.17) is 0 Å². The largest absolute Gasteiger partial charge is 0.314 e. The van der Waals surface area contributed by atoms with Crippen molar-refractivity contribution in [2.45, 2.75) is 42.5 Å². The van der Waals surface area contributed by atoms with Gasteiger partial charge in [0.1, 0.15) is 28.7 Å². The van der Waals surface area contributed by atoms with Crippen LogP contribution in [0.3, 0.4) is 0 Å². The van der Waals surface area contributed by atoms with Crippen LogP contribution in [0.1, 0.15) is 43.5 Å². The van der Waals surface area contributed by atoms with Crippen LogP contribution < -0.4 is 0 Å². The molecule has 4 rings (SSSR count). The fourth-order valence-electron chi connectivity index (χ4n) is 3.35. The average molecular weight is 368 g/mol. The van der Waals surface area contributed by atoms with E-state index in [1.165, 1.54) is 4.31 Å². The van der Waals surface area contributed by atoms with Crippen molar-refractivity contribution >= 4 is 10.0 Å². The van der Waals surface area contributed by atoms with Gasteiger partial charge in [0.15, 0.2) is 0 Å². The molecule has 0 amide bonds. The van der Waals surface area contributed by atoms with Gasteiger partial charge in [-0.25, -0.2) is 17.2 Å². The molecule has 0 spiro atoms. The summed E-state index contributed by atoms with van der Waals surface area (Å²) < 4.78 is 55.5. The second kappa shape index (κ2) is 6.14. The molecule has 2 aliphatic rings. The highest BCUT2D eigenvalue weighted by Crippen LogP contribution is 2.40. The van der Waals surface area contributed by atoms with Crippen LogP contribution in [0.5, 0.6) is 0 Å². The van der Waals surface area contributed by atoms with Crippen LogP contribution in [0.25, 0.3) is 0 Å². The first-order valence-corrected chi connectivity index (χ1v) is 9.75. The van der Waals surface area contributed by atoms with Gasteiger partial charge in [0.25, 0.3) is 0 Å². The van der Waals surface area contributed by atoms with Crippen molar-refractivity contribution in [1.29, 1.82) is 0 Å². The van der Waals surface area contributed by atoms with Crippen LogP contribution in [0.4, 0.5) is 8.78 Å². The van der Waals surface area contributed by atoms with E-state index in [9.17, 15) is 17.2 Å². The molecule has 2 fully saturated rings. The third-order valence-electron chi connectivity index (χ3n) is 4.87. The molecule has 9 heteroatoms. The van der Waals surface area contributed by atoms with Gasteiger partial charge in [0, 0.05) is 31.1 Å². The lowest BCUT2D eigenvalue weighted by atomic mass is 10.1. The van der Waals surface area contributed by atoms with Gasteiger partial charge >= 0.3 is 0 Å². The Hall–Kier alpha value is -1.87. The summed E-state index contributed by atoms with van der Waals surface area (Å²) in [6.07, 6.45) is 5.17. The van der Waals surface area contributed by atoms with Crippen LogP contribution in [-0.4, -0.2) is 40.6 Å². The molecule has 2 aromatic rings. The van der Waals surface area contributed by atoms with Gasteiger partial charge in [0.2, 0.25) is 10.0 Å². The lowest BCUT2D eigenvalue weighted by Gasteiger charge is -2.32. The highest BCUT2D eigenvalue weighted by Gasteiger charge is 2.35. The molecular weight excluding hydrogens is 350 g/mol. The standard InChI is InChI=1S/C16H18F2N4O2S/c17-12-3-4-15(14(18)9-12)25(23,24)21-7-5-13(6-8-21)22-10-19-20-16(22)11-1-2-11/h3-4,9-11,13H,1-2,5-8H2. The molecule has 1 saturated heterocycles. The van der Waals surface area contributed by atoms with Gasteiger partial charge < -0.3 is 4.57 Å². The van der Waals surface area contributed by atoms with E-state index in [2.05, 4.69) is 14.8 Å². The molecule has 0 bridgehead atoms. The molecule has 2 heterocycles. The predicted octanol–water partition coefficient (Wildman–Crippen LogP) is 2.46. The minimum Gasteiger partial charge on any atom is -0.314 e. The van der Waals surface area contributed by atoms with Crippen molar-refractivity contribution in [2.24, 2.45) is 0 Å². The lowest BCUT2D eigenvalue weighted by Crippen LogP contribution is -2.39. The van der Waals surface area contributed by atoms with E-state index in [1.54, 1.807) is 6.33 Å². The summed E-state index contributed by atoms with van der Waals surface area (Å²) in [7, 11) is -3.96. The first-order valence-electron chi connectivity index (χ1n) is 8.31. The number of hydrogen-bond donors (Lipinski definition) is 0. The Morgan fingerprint density at radius 3 is 2.44 bits per heavy atom. The Kier molecular flexibility index (Phi) is 4.07. The van der Waals surface area contributed by atoms with E-state index >= 15 is 0 Å². The van der Waals surface area contributed by atoms with Crippen LogP contribution >= 0.6 is 0 Å². The number of rotatable bonds is 4. The van der Waals surface area contributed by atoms with Crippen LogP contribution in [0.15, 0.2) is 29.4 Å². The Morgan fingerprint density at radius 2 is 1.80 bits per heavy atom. The van der Waals surface area contributed by atoms with Crippen molar-refractivity contribution in [2.75, 3.05) is 13.1 Å². The molecule has 0 radical (unpaired) electrons. The topological polar surface area (TPSA) is 68.1 Å². The quantitative estimate of drug-likeness (QED) is 0.831. The number of halogens is 2. The van der Waals surface area contributed by atoms with Crippen molar-refractivity contribution in [3.63, 3.8) is 0 Å². The maximum atomic E-state index is 13.9. The van der Waals surface area contributed by atoms with Gasteiger partial charge in [-0.15, -0.1) is 10.2 Å². The summed E-state index contributed by atoms with van der Waals surface area (Å²) in [5.41, 5.74) is 0. The van der Waals surface area contributed by atoms with Gasteiger partial charge in [-0.05, 0) is 37.8 Å². The zero-order chi connectivity index (χ0) is 17.6. The summed E-state index contributed by atoms with van der Waals surface area (Å²) in [5, 5.41) is 8.17. The van der Waals surface area contributed by atoms with Crippen LogP contribution in [0, 0.1) is 11.6 Å². The number of benzene rings is 1. The number of piperidine rings is 1. The second-order valence-electron chi connectivity index (χ2n) is 6.58. The van der Waals surface area contributed by atoms with Crippen molar-refractivity contribution in [1.82, 2.24) is 19.1 Å². The summed E-state index contributed by atoms with van der Waals surface area (Å²) in [6.45, 7) is 0.568. The zero-order valence-electron chi connectivity index (χ0n) is 13.5. The van der Waals surface area contributed by atoms with E-state index in [0.29, 0.717) is 24.8 Å². The summed E-state index contributed by atoms with van der Waals surface area (Å²) >= 11 is 0. The Morgan fingerprint density at radius 1 is 1.08 bits per heavy atom. The monoisotopic (exact) mass is 368 g/mol. The van der Waals surface area contributed by atoms with Crippen molar-refractivity contribution < 1.29 is 17.2 Å². The molecule has 1 aliphatic carbocycles. The van der Waals surface area contributed by atoms with Crippen molar-refractivity contribution in [3.8, 4) is 0 Å². The number of sulfonamides is 1. The summed E-state index contributed by atoms with van der Waals surface area (Å²) in [4.78, 5) is -0.477. The molecule has 134 valence electrons. The summed E-state index contributed by atoms with van der Waals surface area (Å²) in [6, 6.07) is 2.69. The normalized spacial score (nSPS) is 20.1. The van der Waals surface area contributed by atoms with E-state index < -0.39 is 26.6 Å². The molecule has 0 N–H and O–H groups in total. The first-order chi connectivity index (χ1) is 12.0. The molecule has 1 aromatic heterocycles. The van der Waals surface area contributed by atoms with Gasteiger partial charge in [-0.3, -0.25) is 0 Å². The third kappa shape index (κ3) is 3.06. The number of nitrogens with zero attached hydrogens (tertiary/aromatic N) is 4. The maximum Gasteiger partial charge on any atom is 0.245 e. The van der Waals surface area contributed by atoms with Crippen LogP contribution in [0.2, 0.25) is 0 Å². The van der Waals surface area contributed by atoms with E-state index in [-0.39, 0.29) is 19.1 Å². The highest BCUT2D eigenvalue weighted by atomic mass is 32.2. The molecule has 0 atom stereocenters. The smallest absolute Gasteiger partial charge is 0.245 e. The highest BCUT2D eigenvalue weighted by molar-refractivity contribution is 7.89. The Labute approximate surface area is 144 Å². The Bertz CT molecular complexity index is 887. The van der Waals surface area contributed by atoms with Crippen LogP contribution in [-0.2, 0) is 10.0 Å². The van der Waals surface area contributed by atoms with Gasteiger partial charge in [-0.1, -0.05) is 0 Å². The summed E-state index contributed by atoms with van der Waals surface area (Å²) in [5.74, 6) is -0.407. The lowest BCUT2D eigenvalue weighted by molar-refractivity contribution is 0.269. The SMILES string of the molecule is O=S(=O)(c1ccc(F)cc1F)N1CCC(n2cnnc2C2CC2)CC1. The van der Waals surface area contributed by atoms with E-state index in [1.807, 2.05) is 0 Å². The first kappa shape index (κ1) is 16.6. The molecular formula is C16H18F2N4O2S. The average Bonchev–Trinajstić information content (AvgIpc) is 3.31. The third-order valence-corrected chi connectivity index (χ3v) is 6.80. The molecule has 1 aromatic carbocycles. The molecule has 6 nitrogen and oxygen atoms in total. The van der Waals surface area contributed by atoms with Gasteiger partial charge in [0.05, 0.1) is 0 Å². The molecule has 0 unspecified atom stereocenters. The Balaban J connectivity index is 1.50. The zero-order valence-corrected chi connectivity index (χ0v) is 14.3. The number of hydrogen-bond acceptors (Lipinski definition) is 4. The molecule has 1 aliphatic heterocycles. The minimum atomic E-state index is -3.96. The fraction of sp³-hybridized carbons (Fsp3) is 0.500. The fourth-order valence-corrected chi connectivity index (χ4v) is 4.87. The van der Waals surface area contributed by atoms with E-state index in [0.717, 1.165) is 30.8 Å². The van der Waals surface area contributed by atoms with Gasteiger partial charge in [-0.2, -0.15) is 4.31 Å². The van der Waals surface area contributed by atoms with Crippen molar-refractivity contribution in [3.05, 3.63) is 42.0 Å². The predicted molar refractivity (Wildman–Crippen MR) is 85.4 cm³/mol. The minimum absolute atomic E-state index is 0.148. The molecule has 25 heavy (non-hydrogen) atoms. The molecule has 1 saturated carbocycles. The maximum absolute atomic E-state index is 13.9. The number of aromatic nitrogens is 3. The second-order valence-corrected chi connectivity index (χ2v) is 8.49.